The molecule has 0 heterocycles. The molecular weight excluding hydrogens is 132 g/mol. The van der Waals surface area contributed by atoms with Gasteiger partial charge in [-0.15, -0.1) is 0 Å². The Morgan fingerprint density at radius 2 is 2.20 bits per heavy atom. The summed E-state index contributed by atoms with van der Waals surface area (Å²) in [5.74, 6) is 0.602. The summed E-state index contributed by atoms with van der Waals surface area (Å²) in [6.45, 7) is 4.43. The summed E-state index contributed by atoms with van der Waals surface area (Å²) in [5, 5.41) is 9.71. The minimum absolute atomic E-state index is 0.264. The molecule has 0 spiro atoms. The molecule has 0 amide bonds. The van der Waals surface area contributed by atoms with Gasteiger partial charge < -0.3 is 14.6 Å². The number of hydrogen-bond acceptors (Lipinski definition) is 3. The highest BCUT2D eigenvalue weighted by atomic mass is 16.7. The lowest BCUT2D eigenvalue weighted by atomic mass is 10.1. The smallest absolute Gasteiger partial charge is 0.251 e. The average Bonchev–Trinajstić information content (AvgIpc) is 1.79. The molecule has 0 atom stereocenters. The van der Waals surface area contributed by atoms with Crippen LogP contribution in [0.4, 0.5) is 4.79 Å². The van der Waals surface area contributed by atoms with Crippen molar-refractivity contribution in [1.29, 1.82) is 0 Å². The third-order valence-corrected chi connectivity index (χ3v) is 1.15. The van der Waals surface area contributed by atoms with Crippen LogP contribution in [0.2, 0.25) is 0 Å². The maximum absolute atomic E-state index is 9.71. The van der Waals surface area contributed by atoms with Crippen LogP contribution < -0.4 is 5.11 Å². The molecule has 0 radical (unpaired) electrons. The van der Waals surface area contributed by atoms with Crippen LogP contribution in [0.3, 0.4) is 0 Å². The summed E-state index contributed by atoms with van der Waals surface area (Å²) in [4.78, 5) is 9.71. The molecule has 0 aliphatic carbocycles. The summed E-state index contributed by atoms with van der Waals surface area (Å²) in [7, 11) is 0. The molecule has 0 saturated carbocycles. The van der Waals surface area contributed by atoms with Crippen LogP contribution in [-0.2, 0) is 4.74 Å². The average molecular weight is 145 g/mol. The van der Waals surface area contributed by atoms with E-state index in [1.807, 2.05) is 0 Å². The van der Waals surface area contributed by atoms with Gasteiger partial charge in [-0.1, -0.05) is 13.8 Å². The highest BCUT2D eigenvalue weighted by Crippen LogP contribution is 2.02. The van der Waals surface area contributed by atoms with Gasteiger partial charge >= 0.3 is 0 Å². The normalized spacial score (nSPS) is 9.90. The molecule has 0 bridgehead atoms. The van der Waals surface area contributed by atoms with Crippen LogP contribution in [0.25, 0.3) is 0 Å². The maximum Gasteiger partial charge on any atom is 0.251 e. The molecule has 0 unspecified atom stereocenters. The number of carboxylic acid groups (broad SMARTS) is 1. The molecule has 0 aliphatic heterocycles. The second kappa shape index (κ2) is 5.09. The van der Waals surface area contributed by atoms with Gasteiger partial charge in [-0.05, 0) is 18.8 Å². The van der Waals surface area contributed by atoms with Gasteiger partial charge in [0.05, 0.1) is 0 Å². The first-order valence-corrected chi connectivity index (χ1v) is 3.46. The molecular formula is C7H13O3-. The summed E-state index contributed by atoms with van der Waals surface area (Å²) >= 11 is 0. The molecule has 0 N–H and O–H groups in total. The number of ether oxygens (including phenoxy) is 1. The van der Waals surface area contributed by atoms with Crippen molar-refractivity contribution < 1.29 is 14.6 Å². The Bertz CT molecular complexity index is 99.0. The molecule has 0 aromatic heterocycles. The van der Waals surface area contributed by atoms with Gasteiger partial charge in [0, 0.05) is 6.61 Å². The van der Waals surface area contributed by atoms with Crippen LogP contribution in [0.15, 0.2) is 0 Å². The van der Waals surface area contributed by atoms with E-state index in [2.05, 4.69) is 18.6 Å². The molecule has 0 rings (SSSR count). The van der Waals surface area contributed by atoms with E-state index in [4.69, 9.17) is 0 Å². The molecule has 0 fully saturated rings. The van der Waals surface area contributed by atoms with Crippen molar-refractivity contribution >= 4 is 6.16 Å². The standard InChI is InChI=1S/C7H14O3/c1-6(2)4-3-5-10-7(8)9/h6H,3-5H2,1-2H3,(H,8,9)/p-1. The van der Waals surface area contributed by atoms with E-state index >= 15 is 0 Å². The van der Waals surface area contributed by atoms with Crippen LogP contribution in [-0.4, -0.2) is 12.8 Å². The molecule has 10 heavy (non-hydrogen) atoms. The molecule has 3 nitrogen and oxygen atoms in total. The lowest BCUT2D eigenvalue weighted by Gasteiger charge is -2.08. The van der Waals surface area contributed by atoms with Crippen molar-refractivity contribution in [3.05, 3.63) is 0 Å². The Balaban J connectivity index is 2.98. The minimum atomic E-state index is -1.43. The fourth-order valence-electron chi connectivity index (χ4n) is 0.647. The van der Waals surface area contributed by atoms with Crippen LogP contribution in [0.5, 0.6) is 0 Å². The van der Waals surface area contributed by atoms with Crippen LogP contribution in [0, 0.1) is 5.92 Å². The lowest BCUT2D eigenvalue weighted by molar-refractivity contribution is -0.282. The first-order valence-electron chi connectivity index (χ1n) is 3.46. The highest BCUT2D eigenvalue weighted by Gasteiger charge is 1.91. The van der Waals surface area contributed by atoms with Gasteiger partial charge in [-0.25, -0.2) is 0 Å². The van der Waals surface area contributed by atoms with E-state index in [1.54, 1.807) is 0 Å². The summed E-state index contributed by atoms with van der Waals surface area (Å²) in [5.41, 5.74) is 0. The van der Waals surface area contributed by atoms with Gasteiger partial charge in [0.25, 0.3) is 6.16 Å². The second-order valence-electron chi connectivity index (χ2n) is 2.63. The van der Waals surface area contributed by atoms with Gasteiger partial charge in [0.15, 0.2) is 0 Å². The molecule has 0 aliphatic rings. The molecule has 0 aromatic carbocycles. The third kappa shape index (κ3) is 7.27. The van der Waals surface area contributed by atoms with Crippen molar-refractivity contribution in [2.75, 3.05) is 6.61 Å². The number of hydrogen-bond donors (Lipinski definition) is 0. The lowest BCUT2D eigenvalue weighted by Crippen LogP contribution is -2.23. The Morgan fingerprint density at radius 3 is 2.60 bits per heavy atom. The molecule has 0 aromatic rings. The Morgan fingerprint density at radius 1 is 1.60 bits per heavy atom. The van der Waals surface area contributed by atoms with Crippen LogP contribution >= 0.6 is 0 Å². The minimum Gasteiger partial charge on any atom is -0.550 e. The summed E-state index contributed by atoms with van der Waals surface area (Å²) in [6, 6.07) is 0. The zero-order valence-corrected chi connectivity index (χ0v) is 6.42. The van der Waals surface area contributed by atoms with Crippen LogP contribution in [0.1, 0.15) is 26.7 Å². The van der Waals surface area contributed by atoms with E-state index in [1.165, 1.54) is 0 Å². The quantitative estimate of drug-likeness (QED) is 0.434. The van der Waals surface area contributed by atoms with Crippen molar-refractivity contribution in [2.24, 2.45) is 5.92 Å². The van der Waals surface area contributed by atoms with E-state index < -0.39 is 6.16 Å². The molecule has 3 heteroatoms. The monoisotopic (exact) mass is 145 g/mol. The van der Waals surface area contributed by atoms with Gasteiger partial charge in [-0.3, -0.25) is 0 Å². The topological polar surface area (TPSA) is 49.4 Å². The molecule has 0 saturated heterocycles. The highest BCUT2D eigenvalue weighted by molar-refractivity contribution is 5.53. The fourth-order valence-corrected chi connectivity index (χ4v) is 0.647. The summed E-state index contributed by atoms with van der Waals surface area (Å²) < 4.78 is 4.20. The number of carbonyl (C=O) groups is 1. The van der Waals surface area contributed by atoms with Gasteiger partial charge in [-0.2, -0.15) is 0 Å². The Labute approximate surface area is 61.0 Å². The maximum atomic E-state index is 9.71. The predicted molar refractivity (Wildman–Crippen MR) is 35.4 cm³/mol. The van der Waals surface area contributed by atoms with Crippen molar-refractivity contribution in [3.63, 3.8) is 0 Å². The number of rotatable bonds is 4. The van der Waals surface area contributed by atoms with E-state index in [0.717, 1.165) is 12.8 Å². The Kier molecular flexibility index (Phi) is 4.72. The Hall–Kier alpha value is -0.730. The van der Waals surface area contributed by atoms with Gasteiger partial charge in [0.2, 0.25) is 0 Å². The zero-order valence-electron chi connectivity index (χ0n) is 6.42. The first-order chi connectivity index (χ1) is 4.63. The van der Waals surface area contributed by atoms with E-state index in [0.29, 0.717) is 5.92 Å². The SMILES string of the molecule is CC(C)CCCOC(=O)[O-]. The van der Waals surface area contributed by atoms with Crippen molar-refractivity contribution in [1.82, 2.24) is 0 Å². The third-order valence-electron chi connectivity index (χ3n) is 1.15. The number of carbonyl (C=O) groups excluding carboxylic acids is 1. The predicted octanol–water partition coefficient (Wildman–Crippen LogP) is 0.782. The van der Waals surface area contributed by atoms with Gasteiger partial charge in [0.1, 0.15) is 0 Å². The van der Waals surface area contributed by atoms with Crippen molar-refractivity contribution in [2.45, 2.75) is 26.7 Å². The van der Waals surface area contributed by atoms with E-state index in [-0.39, 0.29) is 6.61 Å². The largest absolute Gasteiger partial charge is 0.550 e. The molecule has 60 valence electrons. The fraction of sp³-hybridized carbons (Fsp3) is 0.857. The van der Waals surface area contributed by atoms with E-state index in [9.17, 15) is 9.90 Å². The second-order valence-corrected chi connectivity index (χ2v) is 2.63. The van der Waals surface area contributed by atoms with Crippen molar-refractivity contribution in [3.8, 4) is 0 Å². The first kappa shape index (κ1) is 9.27. The summed E-state index contributed by atoms with van der Waals surface area (Å²) in [6.07, 6.45) is 0.350. The zero-order chi connectivity index (χ0) is 7.98.